The molecule has 0 saturated carbocycles. The molecule has 0 amide bonds. The van der Waals surface area contributed by atoms with Crippen molar-refractivity contribution in [1.82, 2.24) is 0 Å². The van der Waals surface area contributed by atoms with Gasteiger partial charge in [0.05, 0.1) is 0 Å². The fourth-order valence-corrected chi connectivity index (χ4v) is 11.9. The Labute approximate surface area is 272 Å². The Bertz CT molecular complexity index is 1820. The summed E-state index contributed by atoms with van der Waals surface area (Å²) in [6, 6.07) is 22.7. The molecule has 0 nitrogen and oxygen atoms in total. The van der Waals surface area contributed by atoms with Crippen LogP contribution in [0, 0.1) is 0 Å². The zero-order chi connectivity index (χ0) is 33.8. The van der Waals surface area contributed by atoms with Gasteiger partial charge >= 0.3 is 273 Å². The van der Waals surface area contributed by atoms with Gasteiger partial charge in [0.1, 0.15) is 0 Å². The summed E-state index contributed by atoms with van der Waals surface area (Å²) in [7, 11) is 0. The molecule has 0 bridgehead atoms. The molecule has 4 unspecified atom stereocenters. The monoisotopic (exact) mass is 772 g/mol. The van der Waals surface area contributed by atoms with Gasteiger partial charge in [0.2, 0.25) is 0 Å². The van der Waals surface area contributed by atoms with Crippen molar-refractivity contribution in [2.45, 2.75) is 18.3 Å². The predicted octanol–water partition coefficient (Wildman–Crippen LogP) is 10.8. The van der Waals surface area contributed by atoms with Gasteiger partial charge in [-0.2, -0.15) is 0 Å². The van der Waals surface area contributed by atoms with Crippen LogP contribution in [0.4, 0.5) is 43.9 Å². The number of hydrogen-bond acceptors (Lipinski definition) is 0. The van der Waals surface area contributed by atoms with Crippen LogP contribution in [0.1, 0.15) is 22.3 Å². The summed E-state index contributed by atoms with van der Waals surface area (Å²) < 4.78 is 158. The summed E-state index contributed by atoms with van der Waals surface area (Å²) in [5.41, 5.74) is -11.0. The van der Waals surface area contributed by atoms with Crippen molar-refractivity contribution >= 4 is 20.9 Å². The first kappa shape index (κ1) is 32.9. The second-order valence-electron chi connectivity index (χ2n) is 10.8. The summed E-state index contributed by atoms with van der Waals surface area (Å²) in [5, 5.41) is 0. The normalized spacial score (nSPS) is 28.3. The standard InChI is InChI=1S/C36H20F10Te/c37-25-27(39)31(43)35(23-17-9-3-10-18-23,33(45,29(25)41)21-13-5-1-6-14-21)47-36(24-19-11-4-12-20-24)32(44)28(40)26(38)30(42)34(36,46)22-15-7-2-8-16-22/h1-20H. The Hall–Kier alpha value is -4.07. The Morgan fingerprint density at radius 1 is 0.319 bits per heavy atom. The molecule has 4 atom stereocenters. The number of rotatable bonds is 6. The van der Waals surface area contributed by atoms with Crippen LogP contribution in [0.3, 0.4) is 0 Å². The predicted molar refractivity (Wildman–Crippen MR) is 157 cm³/mol. The molecule has 0 spiro atoms. The van der Waals surface area contributed by atoms with Crippen molar-refractivity contribution in [3.05, 3.63) is 190 Å². The van der Waals surface area contributed by atoms with Gasteiger partial charge in [-0.1, -0.05) is 0 Å². The van der Waals surface area contributed by atoms with Crippen LogP contribution in [0.15, 0.2) is 168 Å². The summed E-state index contributed by atoms with van der Waals surface area (Å²) in [6.07, 6.45) is 0. The maximum absolute atomic E-state index is 18.3. The molecule has 0 fully saturated rings. The number of hydrogen-bond donors (Lipinski definition) is 0. The van der Waals surface area contributed by atoms with E-state index in [1.807, 2.05) is 0 Å². The van der Waals surface area contributed by atoms with Crippen LogP contribution >= 0.6 is 0 Å². The van der Waals surface area contributed by atoms with Crippen LogP contribution < -0.4 is 0 Å². The van der Waals surface area contributed by atoms with Crippen molar-refractivity contribution in [1.29, 1.82) is 0 Å². The van der Waals surface area contributed by atoms with E-state index in [0.717, 1.165) is 48.5 Å². The average molecular weight is 770 g/mol. The molecule has 11 heteroatoms. The van der Waals surface area contributed by atoms with Gasteiger partial charge in [-0.05, 0) is 0 Å². The molecule has 0 saturated heterocycles. The van der Waals surface area contributed by atoms with Gasteiger partial charge in [0.25, 0.3) is 0 Å². The van der Waals surface area contributed by atoms with Crippen molar-refractivity contribution in [2.75, 3.05) is 0 Å². The number of allylic oxidation sites excluding steroid dienone is 8. The molecule has 0 heterocycles. The topological polar surface area (TPSA) is 0 Å². The quantitative estimate of drug-likeness (QED) is 0.135. The Morgan fingerprint density at radius 3 is 0.830 bits per heavy atom. The van der Waals surface area contributed by atoms with E-state index in [2.05, 4.69) is 0 Å². The molecular formula is C36H20F10Te. The maximum atomic E-state index is 18.3. The van der Waals surface area contributed by atoms with Crippen molar-refractivity contribution in [3.63, 3.8) is 0 Å². The van der Waals surface area contributed by atoms with Crippen molar-refractivity contribution in [3.8, 4) is 0 Å². The van der Waals surface area contributed by atoms with Gasteiger partial charge in [-0.25, -0.2) is 0 Å². The number of halogens is 10. The van der Waals surface area contributed by atoms with Gasteiger partial charge in [-0.15, -0.1) is 0 Å². The van der Waals surface area contributed by atoms with Gasteiger partial charge < -0.3 is 0 Å². The Morgan fingerprint density at radius 2 is 0.553 bits per heavy atom. The molecule has 0 aromatic heterocycles. The third-order valence-corrected chi connectivity index (χ3v) is 14.1. The van der Waals surface area contributed by atoms with E-state index in [1.54, 1.807) is 0 Å². The van der Waals surface area contributed by atoms with E-state index >= 15 is 43.9 Å². The zero-order valence-corrected chi connectivity index (χ0v) is 26.1. The molecule has 47 heavy (non-hydrogen) atoms. The first-order valence-electron chi connectivity index (χ1n) is 13.9. The number of alkyl halides is 2. The first-order valence-corrected chi connectivity index (χ1v) is 16.3. The minimum absolute atomic E-state index is 0.626. The van der Waals surface area contributed by atoms with Crippen LogP contribution in [0.5, 0.6) is 0 Å². The summed E-state index contributed by atoms with van der Waals surface area (Å²) >= 11 is -3.89. The van der Waals surface area contributed by atoms with Crippen LogP contribution in [0.25, 0.3) is 0 Å². The molecule has 0 radical (unpaired) electrons. The van der Waals surface area contributed by atoms with Gasteiger partial charge in [-0.3, -0.25) is 0 Å². The fraction of sp³-hybridized carbons (Fsp3) is 0.111. The van der Waals surface area contributed by atoms with Crippen LogP contribution in [-0.4, -0.2) is 20.9 Å². The van der Waals surface area contributed by atoms with E-state index in [9.17, 15) is 0 Å². The van der Waals surface area contributed by atoms with E-state index in [-0.39, 0.29) is 0 Å². The summed E-state index contributed by atoms with van der Waals surface area (Å²) in [4.78, 5) is 0. The van der Waals surface area contributed by atoms with E-state index in [0.29, 0.717) is 0 Å². The minimum atomic E-state index is -4.09. The second kappa shape index (κ2) is 11.9. The number of benzene rings is 4. The first-order chi connectivity index (χ1) is 22.4. The molecule has 2 aliphatic rings. The molecule has 2 aliphatic carbocycles. The second-order valence-corrected chi connectivity index (χ2v) is 14.8. The fourth-order valence-electron chi connectivity index (χ4n) is 6.18. The molecule has 240 valence electrons. The van der Waals surface area contributed by atoms with Gasteiger partial charge in [0.15, 0.2) is 0 Å². The molecule has 4 aromatic carbocycles. The van der Waals surface area contributed by atoms with E-state index < -0.39 is 108 Å². The average Bonchev–Trinajstić information content (AvgIpc) is 3.13. The third-order valence-electron chi connectivity index (χ3n) is 8.36. The van der Waals surface area contributed by atoms with Crippen molar-refractivity contribution < 1.29 is 43.9 Å². The Balaban J connectivity index is 1.86. The summed E-state index contributed by atoms with van der Waals surface area (Å²) in [6.45, 7) is 0. The van der Waals surface area contributed by atoms with Gasteiger partial charge in [0, 0.05) is 0 Å². The van der Waals surface area contributed by atoms with E-state index in [4.69, 9.17) is 0 Å². The zero-order valence-electron chi connectivity index (χ0n) is 23.7. The SMILES string of the molecule is FC1=C(F)C(F)(c2ccccc2)C([Te]C2(c3ccccc3)C(F)=C(F)C(F)=C(F)C2(F)c2ccccc2)(c2ccccc2)C(F)=C1F. The molecule has 0 aliphatic heterocycles. The molecule has 4 aromatic rings. The van der Waals surface area contributed by atoms with Crippen LogP contribution in [-0.2, 0) is 18.3 Å². The van der Waals surface area contributed by atoms with Crippen molar-refractivity contribution in [2.24, 2.45) is 0 Å². The Kier molecular flexibility index (Phi) is 8.30. The summed E-state index contributed by atoms with van der Waals surface area (Å²) in [5.74, 6) is -19.6. The third kappa shape index (κ3) is 4.35. The molecular weight excluding hydrogens is 750 g/mol. The molecule has 6 rings (SSSR count). The molecule has 0 N–H and O–H groups in total. The van der Waals surface area contributed by atoms with Crippen LogP contribution in [0.2, 0.25) is 0 Å². The van der Waals surface area contributed by atoms with E-state index in [1.165, 1.54) is 72.8 Å².